The van der Waals surface area contributed by atoms with Crippen LogP contribution in [-0.4, -0.2) is 30.2 Å². The molecule has 2 amide bonds. The molecule has 6 heteroatoms. The lowest BCUT2D eigenvalue weighted by atomic mass is 10.1. The molecule has 0 spiro atoms. The van der Waals surface area contributed by atoms with E-state index in [0.29, 0.717) is 23.8 Å². The van der Waals surface area contributed by atoms with Gasteiger partial charge in [0.25, 0.3) is 0 Å². The van der Waals surface area contributed by atoms with E-state index in [1.165, 1.54) is 17.0 Å². The maximum atomic E-state index is 11.6. The Morgan fingerprint density at radius 1 is 1.41 bits per heavy atom. The van der Waals surface area contributed by atoms with E-state index in [1.807, 2.05) is 0 Å². The second-order valence-electron chi connectivity index (χ2n) is 3.74. The standard InChI is InChI=1S/C11H11ClN2O3/c12-8-4-7(10(15)16)5-9(6-8)14-3-1-2-13-11(14)17/h4-6H,1-3H2,(H,13,17)(H,15,16). The third-order valence-electron chi connectivity index (χ3n) is 2.52. The molecule has 5 nitrogen and oxygen atoms in total. The Bertz CT molecular complexity index is 476. The molecular weight excluding hydrogens is 244 g/mol. The van der Waals surface area contributed by atoms with Crippen LogP contribution in [0.3, 0.4) is 0 Å². The molecule has 1 aliphatic heterocycles. The number of rotatable bonds is 2. The molecule has 0 aromatic heterocycles. The van der Waals surface area contributed by atoms with Crippen LogP contribution in [0.25, 0.3) is 0 Å². The van der Waals surface area contributed by atoms with Crippen molar-refractivity contribution in [1.29, 1.82) is 0 Å². The van der Waals surface area contributed by atoms with Crippen LogP contribution in [0.1, 0.15) is 16.8 Å². The third kappa shape index (κ3) is 2.50. The minimum Gasteiger partial charge on any atom is -0.478 e. The van der Waals surface area contributed by atoms with Crippen molar-refractivity contribution in [3.8, 4) is 0 Å². The summed E-state index contributed by atoms with van der Waals surface area (Å²) in [6.07, 6.45) is 0.820. The zero-order chi connectivity index (χ0) is 12.4. The van der Waals surface area contributed by atoms with Crippen molar-refractivity contribution in [2.24, 2.45) is 0 Å². The first-order valence-electron chi connectivity index (χ1n) is 5.17. The van der Waals surface area contributed by atoms with Crippen LogP contribution >= 0.6 is 11.6 Å². The molecule has 2 N–H and O–H groups in total. The number of carbonyl (C=O) groups is 2. The van der Waals surface area contributed by atoms with Gasteiger partial charge in [0.15, 0.2) is 0 Å². The van der Waals surface area contributed by atoms with E-state index in [1.54, 1.807) is 6.07 Å². The van der Waals surface area contributed by atoms with Crippen LogP contribution in [0.15, 0.2) is 18.2 Å². The van der Waals surface area contributed by atoms with Gasteiger partial charge < -0.3 is 10.4 Å². The van der Waals surface area contributed by atoms with Crippen LogP contribution in [0.2, 0.25) is 5.02 Å². The number of anilines is 1. The number of nitrogens with one attached hydrogen (secondary N) is 1. The van der Waals surface area contributed by atoms with Crippen LogP contribution in [0.4, 0.5) is 10.5 Å². The van der Waals surface area contributed by atoms with Crippen molar-refractivity contribution in [2.75, 3.05) is 18.0 Å². The van der Waals surface area contributed by atoms with Gasteiger partial charge in [-0.2, -0.15) is 0 Å². The number of amides is 2. The summed E-state index contributed by atoms with van der Waals surface area (Å²) in [5.41, 5.74) is 0.581. The van der Waals surface area contributed by atoms with E-state index >= 15 is 0 Å². The second-order valence-corrected chi connectivity index (χ2v) is 4.18. The van der Waals surface area contributed by atoms with E-state index in [-0.39, 0.29) is 11.6 Å². The van der Waals surface area contributed by atoms with Gasteiger partial charge in [0.2, 0.25) is 0 Å². The molecule has 1 aromatic rings. The van der Waals surface area contributed by atoms with Gasteiger partial charge in [-0.05, 0) is 24.6 Å². The first kappa shape index (κ1) is 11.7. The molecule has 2 rings (SSSR count). The molecule has 0 aliphatic carbocycles. The van der Waals surface area contributed by atoms with Crippen molar-refractivity contribution in [2.45, 2.75) is 6.42 Å². The zero-order valence-corrected chi connectivity index (χ0v) is 9.70. The summed E-state index contributed by atoms with van der Waals surface area (Å²) in [7, 11) is 0. The second kappa shape index (κ2) is 4.63. The fourth-order valence-corrected chi connectivity index (χ4v) is 1.96. The Balaban J connectivity index is 2.37. The Labute approximate surface area is 103 Å². The van der Waals surface area contributed by atoms with E-state index in [0.717, 1.165) is 6.42 Å². The predicted molar refractivity (Wildman–Crippen MR) is 63.8 cm³/mol. The molecule has 0 atom stereocenters. The lowest BCUT2D eigenvalue weighted by Gasteiger charge is -2.27. The highest BCUT2D eigenvalue weighted by Gasteiger charge is 2.20. The number of carboxylic acids is 1. The molecular formula is C11H11ClN2O3. The summed E-state index contributed by atoms with van der Waals surface area (Å²) >= 11 is 5.84. The van der Waals surface area contributed by atoms with Crippen molar-refractivity contribution in [3.63, 3.8) is 0 Å². The molecule has 90 valence electrons. The third-order valence-corrected chi connectivity index (χ3v) is 2.74. The van der Waals surface area contributed by atoms with Gasteiger partial charge >= 0.3 is 12.0 Å². The van der Waals surface area contributed by atoms with Crippen LogP contribution < -0.4 is 10.2 Å². The largest absolute Gasteiger partial charge is 0.478 e. The summed E-state index contributed by atoms with van der Waals surface area (Å²) in [6, 6.07) is 4.16. The van der Waals surface area contributed by atoms with Gasteiger partial charge in [0, 0.05) is 23.8 Å². The molecule has 1 fully saturated rings. The lowest BCUT2D eigenvalue weighted by Crippen LogP contribution is -2.46. The Hall–Kier alpha value is -1.75. The van der Waals surface area contributed by atoms with E-state index < -0.39 is 5.97 Å². The minimum atomic E-state index is -1.06. The minimum absolute atomic E-state index is 0.0749. The van der Waals surface area contributed by atoms with Crippen molar-refractivity contribution >= 4 is 29.3 Å². The number of nitrogens with zero attached hydrogens (tertiary/aromatic N) is 1. The quantitative estimate of drug-likeness (QED) is 0.848. The number of hydrogen-bond donors (Lipinski definition) is 2. The summed E-state index contributed by atoms with van der Waals surface area (Å²) in [5, 5.41) is 11.9. The molecule has 1 aliphatic rings. The smallest absolute Gasteiger partial charge is 0.335 e. The number of carboxylic acid groups (broad SMARTS) is 1. The Morgan fingerprint density at radius 2 is 2.18 bits per heavy atom. The number of carbonyl (C=O) groups excluding carboxylic acids is 1. The molecule has 1 aromatic carbocycles. The van der Waals surface area contributed by atoms with E-state index in [4.69, 9.17) is 16.7 Å². The highest BCUT2D eigenvalue weighted by molar-refractivity contribution is 6.31. The fourth-order valence-electron chi connectivity index (χ4n) is 1.73. The van der Waals surface area contributed by atoms with Gasteiger partial charge in [-0.1, -0.05) is 11.6 Å². The molecule has 1 saturated heterocycles. The first-order chi connectivity index (χ1) is 8.08. The van der Waals surface area contributed by atoms with Gasteiger partial charge in [-0.15, -0.1) is 0 Å². The van der Waals surface area contributed by atoms with Gasteiger partial charge in [-0.25, -0.2) is 9.59 Å². The normalized spacial score (nSPS) is 15.6. The predicted octanol–water partition coefficient (Wildman–Crippen LogP) is 1.96. The van der Waals surface area contributed by atoms with E-state index in [2.05, 4.69) is 5.32 Å². The molecule has 0 unspecified atom stereocenters. The number of urea groups is 1. The molecule has 0 radical (unpaired) electrons. The van der Waals surface area contributed by atoms with Crippen molar-refractivity contribution in [3.05, 3.63) is 28.8 Å². The number of halogens is 1. The van der Waals surface area contributed by atoms with Crippen LogP contribution in [0.5, 0.6) is 0 Å². The van der Waals surface area contributed by atoms with Crippen LogP contribution in [-0.2, 0) is 0 Å². The number of aromatic carboxylic acids is 1. The van der Waals surface area contributed by atoms with Crippen LogP contribution in [0, 0.1) is 0 Å². The van der Waals surface area contributed by atoms with Crippen molar-refractivity contribution in [1.82, 2.24) is 5.32 Å². The SMILES string of the molecule is O=C(O)c1cc(Cl)cc(N2CCCNC2=O)c1. The fraction of sp³-hybridized carbons (Fsp3) is 0.273. The Morgan fingerprint density at radius 3 is 2.82 bits per heavy atom. The highest BCUT2D eigenvalue weighted by atomic mass is 35.5. The highest BCUT2D eigenvalue weighted by Crippen LogP contribution is 2.23. The monoisotopic (exact) mass is 254 g/mol. The maximum absolute atomic E-state index is 11.6. The molecule has 0 bridgehead atoms. The number of benzene rings is 1. The van der Waals surface area contributed by atoms with Gasteiger partial charge in [0.05, 0.1) is 5.56 Å². The average molecular weight is 255 g/mol. The number of hydrogen-bond acceptors (Lipinski definition) is 2. The summed E-state index contributed by atoms with van der Waals surface area (Å²) < 4.78 is 0. The maximum Gasteiger partial charge on any atom is 0.335 e. The summed E-state index contributed by atoms with van der Waals surface area (Å²) in [6.45, 7) is 1.20. The van der Waals surface area contributed by atoms with Gasteiger partial charge in [-0.3, -0.25) is 4.90 Å². The summed E-state index contributed by atoms with van der Waals surface area (Å²) in [4.78, 5) is 24.0. The lowest BCUT2D eigenvalue weighted by molar-refractivity contribution is 0.0697. The zero-order valence-electron chi connectivity index (χ0n) is 8.94. The molecule has 17 heavy (non-hydrogen) atoms. The average Bonchev–Trinajstić information content (AvgIpc) is 2.28. The molecule has 0 saturated carbocycles. The topological polar surface area (TPSA) is 69.6 Å². The Kier molecular flexibility index (Phi) is 3.19. The molecule has 1 heterocycles. The summed E-state index contributed by atoms with van der Waals surface area (Å²) in [5.74, 6) is -1.06. The van der Waals surface area contributed by atoms with Crippen molar-refractivity contribution < 1.29 is 14.7 Å². The van der Waals surface area contributed by atoms with Gasteiger partial charge in [0.1, 0.15) is 0 Å². The van der Waals surface area contributed by atoms with E-state index in [9.17, 15) is 9.59 Å². The first-order valence-corrected chi connectivity index (χ1v) is 5.55.